The van der Waals surface area contributed by atoms with E-state index < -0.39 is 12.1 Å². The molecule has 1 saturated carbocycles. The van der Waals surface area contributed by atoms with Gasteiger partial charge in [0.2, 0.25) is 0 Å². The molecule has 2 fully saturated rings. The second-order valence-corrected chi connectivity index (χ2v) is 6.87. The number of aryl methyl sites for hydroxylation is 2. The maximum Gasteiger partial charge on any atom is 0.490 e. The van der Waals surface area contributed by atoms with Crippen LogP contribution in [0, 0.1) is 13.8 Å². The topological polar surface area (TPSA) is 72.1 Å². The first-order valence-electron chi connectivity index (χ1n) is 9.07. The molecule has 3 rings (SSSR count). The monoisotopic (exact) mass is 405 g/mol. The second kappa shape index (κ2) is 9.58. The number of halogens is 3. The van der Waals surface area contributed by atoms with Gasteiger partial charge in [0.05, 0.1) is 32.0 Å². The van der Waals surface area contributed by atoms with Gasteiger partial charge in [0, 0.05) is 12.6 Å². The molecular weight excluding hydrogens is 379 g/mol. The molecule has 0 amide bonds. The summed E-state index contributed by atoms with van der Waals surface area (Å²) < 4.78 is 49.4. The molecular formula is C19H26F3NO5. The normalized spacial score (nSPS) is 25.0. The summed E-state index contributed by atoms with van der Waals surface area (Å²) in [5.41, 5.74) is 1.23. The van der Waals surface area contributed by atoms with Crippen molar-refractivity contribution in [3.63, 3.8) is 0 Å². The number of ether oxygens (including phenoxy) is 2. The van der Waals surface area contributed by atoms with Gasteiger partial charge in [-0.25, -0.2) is 4.79 Å². The Balaban J connectivity index is 0.000000345. The number of nitrogens with zero attached hydrogens (tertiary/aromatic N) is 1. The van der Waals surface area contributed by atoms with Gasteiger partial charge in [0.25, 0.3) is 0 Å². The van der Waals surface area contributed by atoms with Crippen LogP contribution in [0.5, 0.6) is 0 Å². The fourth-order valence-corrected chi connectivity index (χ4v) is 3.49. The zero-order chi connectivity index (χ0) is 20.9. The summed E-state index contributed by atoms with van der Waals surface area (Å²) >= 11 is 0. The zero-order valence-electron chi connectivity index (χ0n) is 16.0. The molecule has 1 saturated heterocycles. The highest BCUT2D eigenvalue weighted by Gasteiger charge is 2.43. The SMILES string of the molecule is C=CCO[C@H]1CC[C@H]2[C@@H]1OCCN2Cc1cc(C)c(C)o1.O=C(O)C(F)(F)F. The van der Waals surface area contributed by atoms with Crippen LogP contribution in [0.4, 0.5) is 13.2 Å². The predicted octanol–water partition coefficient (Wildman–Crippen LogP) is 3.46. The van der Waals surface area contributed by atoms with Crippen LogP contribution in [0.1, 0.15) is 29.9 Å². The van der Waals surface area contributed by atoms with Crippen LogP contribution in [-0.4, -0.2) is 60.2 Å². The molecule has 0 unspecified atom stereocenters. The highest BCUT2D eigenvalue weighted by atomic mass is 19.4. The van der Waals surface area contributed by atoms with Gasteiger partial charge in [-0.15, -0.1) is 6.58 Å². The van der Waals surface area contributed by atoms with Gasteiger partial charge in [-0.2, -0.15) is 13.2 Å². The van der Waals surface area contributed by atoms with E-state index in [1.54, 1.807) is 0 Å². The van der Waals surface area contributed by atoms with E-state index in [-0.39, 0.29) is 12.2 Å². The highest BCUT2D eigenvalue weighted by molar-refractivity contribution is 5.73. The van der Waals surface area contributed by atoms with Crippen molar-refractivity contribution < 1.29 is 37.0 Å². The van der Waals surface area contributed by atoms with Crippen LogP contribution in [0.2, 0.25) is 0 Å². The summed E-state index contributed by atoms with van der Waals surface area (Å²) in [5, 5.41) is 7.12. The highest BCUT2D eigenvalue weighted by Crippen LogP contribution is 2.33. The molecule has 0 bridgehead atoms. The Bertz CT molecular complexity index is 654. The molecule has 1 aliphatic carbocycles. The maximum absolute atomic E-state index is 10.6. The number of alkyl halides is 3. The molecule has 6 nitrogen and oxygen atoms in total. The lowest BCUT2D eigenvalue weighted by molar-refractivity contribution is -0.192. The molecule has 0 radical (unpaired) electrons. The summed E-state index contributed by atoms with van der Waals surface area (Å²) in [6, 6.07) is 2.60. The van der Waals surface area contributed by atoms with Crippen molar-refractivity contribution in [2.45, 2.75) is 57.7 Å². The third kappa shape index (κ3) is 5.83. The summed E-state index contributed by atoms with van der Waals surface area (Å²) in [6.07, 6.45) is -0.685. The quantitative estimate of drug-likeness (QED) is 0.757. The number of furan rings is 1. The maximum atomic E-state index is 10.6. The van der Waals surface area contributed by atoms with Gasteiger partial charge in [-0.05, 0) is 38.3 Å². The van der Waals surface area contributed by atoms with E-state index >= 15 is 0 Å². The lowest BCUT2D eigenvalue weighted by Gasteiger charge is -2.38. The van der Waals surface area contributed by atoms with E-state index in [9.17, 15) is 13.2 Å². The molecule has 1 N–H and O–H groups in total. The number of carboxylic acids is 1. The van der Waals surface area contributed by atoms with Crippen LogP contribution in [0.25, 0.3) is 0 Å². The Morgan fingerprint density at radius 3 is 2.64 bits per heavy atom. The Morgan fingerprint density at radius 1 is 1.43 bits per heavy atom. The average Bonchev–Trinajstić information content (AvgIpc) is 3.16. The Kier molecular flexibility index (Phi) is 7.68. The minimum atomic E-state index is -5.08. The van der Waals surface area contributed by atoms with Crippen LogP contribution in [0.3, 0.4) is 0 Å². The Hall–Kier alpha value is -1.84. The lowest BCUT2D eigenvalue weighted by atomic mass is 10.1. The van der Waals surface area contributed by atoms with Crippen molar-refractivity contribution in [3.05, 3.63) is 35.8 Å². The molecule has 28 heavy (non-hydrogen) atoms. The number of carboxylic acid groups (broad SMARTS) is 1. The first-order chi connectivity index (χ1) is 13.1. The summed E-state index contributed by atoms with van der Waals surface area (Å²) in [7, 11) is 0. The molecule has 2 heterocycles. The molecule has 158 valence electrons. The summed E-state index contributed by atoms with van der Waals surface area (Å²) in [4.78, 5) is 11.4. The fourth-order valence-electron chi connectivity index (χ4n) is 3.49. The Labute approximate surface area is 161 Å². The molecule has 1 aromatic heterocycles. The second-order valence-electron chi connectivity index (χ2n) is 6.87. The van der Waals surface area contributed by atoms with Crippen molar-refractivity contribution >= 4 is 5.97 Å². The van der Waals surface area contributed by atoms with Crippen LogP contribution < -0.4 is 0 Å². The molecule has 1 aliphatic heterocycles. The number of rotatable bonds is 5. The van der Waals surface area contributed by atoms with Crippen LogP contribution in [0.15, 0.2) is 23.1 Å². The number of aliphatic carboxylic acids is 1. The molecule has 3 atom stereocenters. The van der Waals surface area contributed by atoms with E-state index in [1.807, 2.05) is 13.0 Å². The predicted molar refractivity (Wildman–Crippen MR) is 95.0 cm³/mol. The van der Waals surface area contributed by atoms with Gasteiger partial charge >= 0.3 is 12.1 Å². The molecule has 0 aromatic carbocycles. The number of fused-ring (bicyclic) bond motifs is 1. The minimum Gasteiger partial charge on any atom is -0.475 e. The van der Waals surface area contributed by atoms with Crippen molar-refractivity contribution in [3.8, 4) is 0 Å². The van der Waals surface area contributed by atoms with Gasteiger partial charge in [0.15, 0.2) is 0 Å². The minimum absolute atomic E-state index is 0.191. The molecule has 9 heteroatoms. The number of carbonyl (C=O) groups is 1. The first kappa shape index (κ1) is 22.4. The zero-order valence-corrected chi connectivity index (χ0v) is 16.0. The average molecular weight is 405 g/mol. The van der Waals surface area contributed by atoms with Crippen LogP contribution in [-0.2, 0) is 20.8 Å². The van der Waals surface area contributed by atoms with E-state index in [0.717, 1.165) is 44.1 Å². The first-order valence-corrected chi connectivity index (χ1v) is 9.07. The van der Waals surface area contributed by atoms with Crippen molar-refractivity contribution in [1.82, 2.24) is 4.90 Å². The van der Waals surface area contributed by atoms with Crippen LogP contribution >= 0.6 is 0 Å². The van der Waals surface area contributed by atoms with E-state index in [1.165, 1.54) is 5.56 Å². The van der Waals surface area contributed by atoms with Gasteiger partial charge in [-0.1, -0.05) is 6.08 Å². The number of morpholine rings is 1. The standard InChI is InChI=1S/C17H25NO3.C2HF3O2/c1-4-8-19-16-6-5-15-17(16)20-9-7-18(15)11-14-10-12(2)13(3)21-14;3-2(4,5)1(6)7/h4,10,15-17H,1,5-9,11H2,2-3H3;(H,6,7)/t15-,16-,17-;/m0./s1. The fraction of sp³-hybridized carbons (Fsp3) is 0.632. The van der Waals surface area contributed by atoms with Crippen molar-refractivity contribution in [2.24, 2.45) is 0 Å². The molecule has 2 aliphatic rings. The van der Waals surface area contributed by atoms with Crippen molar-refractivity contribution in [1.29, 1.82) is 0 Å². The van der Waals surface area contributed by atoms with Crippen molar-refractivity contribution in [2.75, 3.05) is 19.8 Å². The van der Waals surface area contributed by atoms with E-state index in [0.29, 0.717) is 12.6 Å². The van der Waals surface area contributed by atoms with E-state index in [2.05, 4.69) is 24.5 Å². The number of hydrogen-bond acceptors (Lipinski definition) is 5. The number of hydrogen-bond donors (Lipinski definition) is 1. The van der Waals surface area contributed by atoms with Gasteiger partial charge in [-0.3, -0.25) is 4.90 Å². The summed E-state index contributed by atoms with van der Waals surface area (Å²) in [6.45, 7) is 11.0. The smallest absolute Gasteiger partial charge is 0.475 e. The molecule has 1 aromatic rings. The lowest BCUT2D eigenvalue weighted by Crippen LogP contribution is -2.51. The van der Waals surface area contributed by atoms with Gasteiger partial charge in [0.1, 0.15) is 11.5 Å². The third-order valence-electron chi connectivity index (χ3n) is 4.90. The van der Waals surface area contributed by atoms with E-state index in [4.69, 9.17) is 23.8 Å². The van der Waals surface area contributed by atoms with Gasteiger partial charge < -0.3 is 19.0 Å². The largest absolute Gasteiger partial charge is 0.490 e. The summed E-state index contributed by atoms with van der Waals surface area (Å²) in [5.74, 6) is -0.679. The Morgan fingerprint density at radius 2 is 2.11 bits per heavy atom. The molecule has 0 spiro atoms. The third-order valence-corrected chi connectivity index (χ3v) is 4.90.